The SMILES string of the molecule is NC(=O)c1cccc(CNC(=O)Nc2ccc(N)cc2)c1. The van der Waals surface area contributed by atoms with E-state index in [1.807, 2.05) is 0 Å². The molecule has 2 aromatic carbocycles. The van der Waals surface area contributed by atoms with Crippen molar-refractivity contribution in [3.05, 3.63) is 59.7 Å². The highest BCUT2D eigenvalue weighted by Gasteiger charge is 2.04. The quantitative estimate of drug-likeness (QED) is 0.641. The lowest BCUT2D eigenvalue weighted by Crippen LogP contribution is -2.28. The van der Waals surface area contributed by atoms with Crippen LogP contribution in [0.15, 0.2) is 48.5 Å². The summed E-state index contributed by atoms with van der Waals surface area (Å²) in [5.41, 5.74) is 13.2. The van der Waals surface area contributed by atoms with E-state index >= 15 is 0 Å². The van der Waals surface area contributed by atoms with Crippen LogP contribution in [0.2, 0.25) is 0 Å². The van der Waals surface area contributed by atoms with Gasteiger partial charge in [0.25, 0.3) is 0 Å². The largest absolute Gasteiger partial charge is 0.399 e. The van der Waals surface area contributed by atoms with Crippen LogP contribution in [0.1, 0.15) is 15.9 Å². The number of urea groups is 1. The number of nitrogens with two attached hydrogens (primary N) is 2. The minimum absolute atomic E-state index is 0.294. The Balaban J connectivity index is 1.90. The first-order valence-corrected chi connectivity index (χ1v) is 6.34. The van der Waals surface area contributed by atoms with Gasteiger partial charge in [-0.2, -0.15) is 0 Å². The molecular formula is C15H16N4O2. The molecule has 0 spiro atoms. The number of hydrogen-bond donors (Lipinski definition) is 4. The Labute approximate surface area is 122 Å². The Hall–Kier alpha value is -3.02. The molecule has 0 fully saturated rings. The number of benzene rings is 2. The zero-order valence-corrected chi connectivity index (χ0v) is 11.3. The monoisotopic (exact) mass is 284 g/mol. The molecule has 0 aliphatic carbocycles. The lowest BCUT2D eigenvalue weighted by atomic mass is 10.1. The first kappa shape index (κ1) is 14.4. The lowest BCUT2D eigenvalue weighted by molar-refractivity contribution is 0.1000. The van der Waals surface area contributed by atoms with Crippen molar-refractivity contribution >= 4 is 23.3 Å². The van der Waals surface area contributed by atoms with Crippen LogP contribution in [0.4, 0.5) is 16.2 Å². The molecule has 3 amide bonds. The summed E-state index contributed by atoms with van der Waals surface area (Å²) in [5.74, 6) is -0.497. The number of carbonyl (C=O) groups excluding carboxylic acids is 2. The summed E-state index contributed by atoms with van der Waals surface area (Å²) in [4.78, 5) is 22.8. The van der Waals surface area contributed by atoms with E-state index in [4.69, 9.17) is 11.5 Å². The average Bonchev–Trinajstić information content (AvgIpc) is 2.48. The zero-order valence-electron chi connectivity index (χ0n) is 11.3. The van der Waals surface area contributed by atoms with Crippen LogP contribution in [-0.2, 0) is 6.54 Å². The Kier molecular flexibility index (Phi) is 4.40. The maximum absolute atomic E-state index is 11.7. The van der Waals surface area contributed by atoms with Gasteiger partial charge in [-0.05, 0) is 42.0 Å². The van der Waals surface area contributed by atoms with Crippen molar-refractivity contribution in [1.82, 2.24) is 5.32 Å². The van der Waals surface area contributed by atoms with Crippen LogP contribution in [0.25, 0.3) is 0 Å². The van der Waals surface area contributed by atoms with Gasteiger partial charge < -0.3 is 22.1 Å². The van der Waals surface area contributed by atoms with Gasteiger partial charge in [0.1, 0.15) is 0 Å². The highest BCUT2D eigenvalue weighted by Crippen LogP contribution is 2.10. The molecule has 2 aromatic rings. The summed E-state index contributed by atoms with van der Waals surface area (Å²) < 4.78 is 0. The maximum Gasteiger partial charge on any atom is 0.319 e. The molecule has 0 atom stereocenters. The number of nitrogen functional groups attached to an aromatic ring is 1. The van der Waals surface area contributed by atoms with Gasteiger partial charge in [0.2, 0.25) is 5.91 Å². The molecule has 0 heterocycles. The molecular weight excluding hydrogens is 268 g/mol. The molecule has 0 radical (unpaired) electrons. The number of anilines is 2. The predicted octanol–water partition coefficient (Wildman–Crippen LogP) is 1.69. The third-order valence-electron chi connectivity index (χ3n) is 2.83. The lowest BCUT2D eigenvalue weighted by Gasteiger charge is -2.08. The van der Waals surface area contributed by atoms with Crippen LogP contribution >= 0.6 is 0 Å². The Bertz CT molecular complexity index is 653. The smallest absolute Gasteiger partial charge is 0.319 e. The van der Waals surface area contributed by atoms with E-state index < -0.39 is 5.91 Å². The second-order valence-corrected chi connectivity index (χ2v) is 4.49. The normalized spacial score (nSPS) is 9.90. The summed E-state index contributed by atoms with van der Waals surface area (Å²) >= 11 is 0. The number of rotatable bonds is 4. The third kappa shape index (κ3) is 4.24. The number of nitrogens with one attached hydrogen (secondary N) is 2. The molecule has 0 aromatic heterocycles. The molecule has 2 rings (SSSR count). The van der Waals surface area contributed by atoms with Crippen LogP contribution in [0.3, 0.4) is 0 Å². The summed E-state index contributed by atoms with van der Waals surface area (Å²) in [7, 11) is 0. The van der Waals surface area contributed by atoms with Crippen molar-refractivity contribution in [3.63, 3.8) is 0 Å². The zero-order chi connectivity index (χ0) is 15.2. The molecule has 0 aliphatic rings. The fourth-order valence-electron chi connectivity index (χ4n) is 1.76. The van der Waals surface area contributed by atoms with Crippen molar-refractivity contribution in [2.45, 2.75) is 6.54 Å². The molecule has 6 N–H and O–H groups in total. The van der Waals surface area contributed by atoms with Crippen molar-refractivity contribution in [2.75, 3.05) is 11.1 Å². The summed E-state index contributed by atoms with van der Waals surface area (Å²) in [5, 5.41) is 5.37. The Morgan fingerprint density at radius 1 is 1.05 bits per heavy atom. The molecule has 108 valence electrons. The van der Waals surface area contributed by atoms with Crippen molar-refractivity contribution in [1.29, 1.82) is 0 Å². The van der Waals surface area contributed by atoms with Gasteiger partial charge in [0.05, 0.1) is 0 Å². The molecule has 0 bridgehead atoms. The summed E-state index contributed by atoms with van der Waals surface area (Å²) in [6, 6.07) is 13.3. The van der Waals surface area contributed by atoms with E-state index in [0.717, 1.165) is 5.56 Å². The van der Waals surface area contributed by atoms with Gasteiger partial charge in [-0.3, -0.25) is 4.79 Å². The fourth-order valence-corrected chi connectivity index (χ4v) is 1.76. The number of carbonyl (C=O) groups is 2. The molecule has 0 saturated carbocycles. The molecule has 0 aliphatic heterocycles. The van der Waals surface area contributed by atoms with Crippen molar-refractivity contribution in [2.24, 2.45) is 5.73 Å². The van der Waals surface area contributed by atoms with Crippen molar-refractivity contribution in [3.8, 4) is 0 Å². The van der Waals surface area contributed by atoms with E-state index in [-0.39, 0.29) is 6.03 Å². The van der Waals surface area contributed by atoms with Gasteiger partial charge in [-0.25, -0.2) is 4.79 Å². The Morgan fingerprint density at radius 3 is 2.43 bits per heavy atom. The number of amides is 3. The highest BCUT2D eigenvalue weighted by molar-refractivity contribution is 5.93. The second kappa shape index (κ2) is 6.42. The van der Waals surface area contributed by atoms with Gasteiger partial charge >= 0.3 is 6.03 Å². The van der Waals surface area contributed by atoms with Gasteiger partial charge in [0.15, 0.2) is 0 Å². The van der Waals surface area contributed by atoms with Crippen molar-refractivity contribution < 1.29 is 9.59 Å². The number of primary amides is 1. The van der Waals surface area contributed by atoms with E-state index in [1.165, 1.54) is 0 Å². The second-order valence-electron chi connectivity index (χ2n) is 4.49. The van der Waals surface area contributed by atoms with Gasteiger partial charge in [-0.1, -0.05) is 12.1 Å². The van der Waals surface area contributed by atoms with Gasteiger partial charge in [0, 0.05) is 23.5 Å². The van der Waals surface area contributed by atoms with Crippen LogP contribution < -0.4 is 22.1 Å². The van der Waals surface area contributed by atoms with E-state index in [0.29, 0.717) is 23.5 Å². The van der Waals surface area contributed by atoms with E-state index in [2.05, 4.69) is 10.6 Å². The van der Waals surface area contributed by atoms with Gasteiger partial charge in [-0.15, -0.1) is 0 Å². The molecule has 6 nitrogen and oxygen atoms in total. The topological polar surface area (TPSA) is 110 Å². The first-order valence-electron chi connectivity index (χ1n) is 6.34. The average molecular weight is 284 g/mol. The molecule has 6 heteroatoms. The van der Waals surface area contributed by atoms with Crippen LogP contribution in [0, 0.1) is 0 Å². The minimum atomic E-state index is -0.497. The maximum atomic E-state index is 11.7. The highest BCUT2D eigenvalue weighted by atomic mass is 16.2. The summed E-state index contributed by atoms with van der Waals surface area (Å²) in [6.07, 6.45) is 0. The van der Waals surface area contributed by atoms with Crippen LogP contribution in [-0.4, -0.2) is 11.9 Å². The third-order valence-corrected chi connectivity index (χ3v) is 2.83. The summed E-state index contributed by atoms with van der Waals surface area (Å²) in [6.45, 7) is 0.294. The molecule has 21 heavy (non-hydrogen) atoms. The molecule has 0 unspecified atom stereocenters. The minimum Gasteiger partial charge on any atom is -0.399 e. The van der Waals surface area contributed by atoms with E-state index in [1.54, 1.807) is 48.5 Å². The number of hydrogen-bond acceptors (Lipinski definition) is 3. The standard InChI is InChI=1S/C15H16N4O2/c16-12-4-6-13(7-5-12)19-15(21)18-9-10-2-1-3-11(8-10)14(17)20/h1-8H,9,16H2,(H2,17,20)(H2,18,19,21). The fraction of sp³-hybridized carbons (Fsp3) is 0.0667. The predicted molar refractivity (Wildman–Crippen MR) is 81.7 cm³/mol. The van der Waals surface area contributed by atoms with Crippen LogP contribution in [0.5, 0.6) is 0 Å². The Morgan fingerprint density at radius 2 is 1.76 bits per heavy atom. The van der Waals surface area contributed by atoms with E-state index in [9.17, 15) is 9.59 Å². The molecule has 0 saturated heterocycles. The first-order chi connectivity index (χ1) is 10.0.